The van der Waals surface area contributed by atoms with E-state index in [2.05, 4.69) is 0 Å². The highest BCUT2D eigenvalue weighted by Crippen LogP contribution is 1.93. The normalized spacial score (nSPS) is 12.4. The van der Waals surface area contributed by atoms with Crippen molar-refractivity contribution in [3.8, 4) is 0 Å². The highest BCUT2D eigenvalue weighted by molar-refractivity contribution is 6.03. The highest BCUT2D eigenvalue weighted by atomic mass is 16.2. The second kappa shape index (κ2) is 3.89. The fraction of sp³-hybridized carbons (Fsp3) is 0.286. The molecule has 0 unspecified atom stereocenters. The summed E-state index contributed by atoms with van der Waals surface area (Å²) in [5.74, 6) is -0.153. The van der Waals surface area contributed by atoms with Crippen LogP contribution in [0.4, 0.5) is 0 Å². The molecule has 0 heterocycles. The Balaban J connectivity index is 4.05. The van der Waals surface area contributed by atoms with Crippen molar-refractivity contribution < 1.29 is 9.90 Å². The molecule has 1 N–H and O–H groups in total. The Morgan fingerprint density at radius 3 is 2.44 bits per heavy atom. The molecule has 9 heavy (non-hydrogen) atoms. The average Bonchev–Trinajstić information content (AvgIpc) is 1.87. The maximum Gasteiger partial charge on any atom is 0.184 e. The summed E-state index contributed by atoms with van der Waals surface area (Å²) in [6, 6.07) is 0. The summed E-state index contributed by atoms with van der Waals surface area (Å²) in [4.78, 5) is 10.7. The number of rotatable bonds is 2. The molecule has 0 aromatic carbocycles. The van der Waals surface area contributed by atoms with Crippen LogP contribution in [-0.2, 0) is 4.79 Å². The Kier molecular flexibility index (Phi) is 3.44. The molecule has 0 aliphatic heterocycles. The van der Waals surface area contributed by atoms with Crippen molar-refractivity contribution in [2.75, 3.05) is 0 Å². The van der Waals surface area contributed by atoms with Gasteiger partial charge in [-0.15, -0.1) is 0 Å². The molecule has 0 rings (SSSR count). The lowest BCUT2D eigenvalue weighted by molar-refractivity contribution is -0.111. The number of hydrogen-bond donors (Lipinski definition) is 1. The number of aliphatic hydroxyl groups is 1. The van der Waals surface area contributed by atoms with Gasteiger partial charge in [0.1, 0.15) is 0 Å². The monoisotopic (exact) mass is 126 g/mol. The van der Waals surface area contributed by atoms with E-state index in [1.165, 1.54) is 0 Å². The maximum absolute atomic E-state index is 10.7. The quantitative estimate of drug-likeness (QED) is 0.450. The Hall–Kier alpha value is -1.05. The summed E-state index contributed by atoms with van der Waals surface area (Å²) in [5.41, 5.74) is 0.639. The second-order valence-corrected chi connectivity index (χ2v) is 1.65. The van der Waals surface area contributed by atoms with Crippen molar-refractivity contribution in [1.29, 1.82) is 0 Å². The van der Waals surface area contributed by atoms with E-state index in [1.54, 1.807) is 19.9 Å². The molecular weight excluding hydrogens is 116 g/mol. The van der Waals surface area contributed by atoms with Crippen molar-refractivity contribution in [2.24, 2.45) is 0 Å². The van der Waals surface area contributed by atoms with E-state index in [0.29, 0.717) is 5.57 Å². The zero-order valence-corrected chi connectivity index (χ0v) is 5.59. The topological polar surface area (TPSA) is 37.3 Å². The van der Waals surface area contributed by atoms with E-state index in [9.17, 15) is 4.79 Å². The van der Waals surface area contributed by atoms with Crippen molar-refractivity contribution in [2.45, 2.75) is 13.8 Å². The third kappa shape index (κ3) is 2.69. The van der Waals surface area contributed by atoms with Crippen LogP contribution in [-0.4, -0.2) is 10.9 Å². The minimum absolute atomic E-state index is 0.153. The molecule has 2 nitrogen and oxygen atoms in total. The van der Waals surface area contributed by atoms with Crippen molar-refractivity contribution in [1.82, 2.24) is 0 Å². The average molecular weight is 126 g/mol. The van der Waals surface area contributed by atoms with Crippen LogP contribution in [0, 0.1) is 0 Å². The lowest BCUT2D eigenvalue weighted by Crippen LogP contribution is -1.92. The van der Waals surface area contributed by atoms with E-state index in [4.69, 9.17) is 5.11 Å². The van der Waals surface area contributed by atoms with Crippen molar-refractivity contribution >= 4 is 5.78 Å². The van der Waals surface area contributed by atoms with E-state index < -0.39 is 0 Å². The van der Waals surface area contributed by atoms with Gasteiger partial charge in [0, 0.05) is 6.08 Å². The van der Waals surface area contributed by atoms with Gasteiger partial charge in [0.05, 0.1) is 6.26 Å². The molecule has 0 aliphatic carbocycles. The SMILES string of the molecule is C/C=C(/C)C(=O)/C=C\O. The zero-order valence-electron chi connectivity index (χ0n) is 5.59. The van der Waals surface area contributed by atoms with E-state index >= 15 is 0 Å². The third-order valence-corrected chi connectivity index (χ3v) is 1.05. The lowest BCUT2D eigenvalue weighted by atomic mass is 10.2. The van der Waals surface area contributed by atoms with Gasteiger partial charge >= 0.3 is 0 Å². The molecular formula is C7H10O2. The summed E-state index contributed by atoms with van der Waals surface area (Å²) in [7, 11) is 0. The number of allylic oxidation sites excluding steroid dienone is 3. The van der Waals surface area contributed by atoms with Crippen LogP contribution in [0.15, 0.2) is 24.0 Å². The fourth-order valence-electron chi connectivity index (χ4n) is 0.341. The van der Waals surface area contributed by atoms with Crippen LogP contribution in [0.25, 0.3) is 0 Å². The second-order valence-electron chi connectivity index (χ2n) is 1.65. The molecule has 0 spiro atoms. The molecule has 50 valence electrons. The Labute approximate surface area is 54.5 Å². The smallest absolute Gasteiger partial charge is 0.184 e. The molecule has 0 saturated heterocycles. The first kappa shape index (κ1) is 7.95. The Bertz CT molecular complexity index is 154. The summed E-state index contributed by atoms with van der Waals surface area (Å²) in [6.07, 6.45) is 3.56. The molecule has 0 atom stereocenters. The van der Waals surface area contributed by atoms with Crippen LogP contribution in [0.2, 0.25) is 0 Å². The Morgan fingerprint density at radius 1 is 1.56 bits per heavy atom. The molecule has 2 heteroatoms. The molecule has 0 fully saturated rings. The van der Waals surface area contributed by atoms with Crippen molar-refractivity contribution in [3.63, 3.8) is 0 Å². The van der Waals surface area contributed by atoms with Gasteiger partial charge in [0.15, 0.2) is 5.78 Å². The molecule has 0 aromatic rings. The third-order valence-electron chi connectivity index (χ3n) is 1.05. The first-order chi connectivity index (χ1) is 4.22. The maximum atomic E-state index is 10.7. The fourth-order valence-corrected chi connectivity index (χ4v) is 0.341. The highest BCUT2D eigenvalue weighted by Gasteiger charge is 1.94. The predicted molar refractivity (Wildman–Crippen MR) is 36.2 cm³/mol. The standard InChI is InChI=1S/C7H10O2/c1-3-6(2)7(9)4-5-8/h3-5,8H,1-2H3/b5-4-,6-3-. The molecule has 0 bridgehead atoms. The minimum atomic E-state index is -0.153. The predicted octanol–water partition coefficient (Wildman–Crippen LogP) is 1.59. The van der Waals surface area contributed by atoms with E-state index in [0.717, 1.165) is 12.3 Å². The van der Waals surface area contributed by atoms with Crippen molar-refractivity contribution in [3.05, 3.63) is 24.0 Å². The zero-order chi connectivity index (χ0) is 7.28. The summed E-state index contributed by atoms with van der Waals surface area (Å²) < 4.78 is 0. The van der Waals surface area contributed by atoms with Gasteiger partial charge < -0.3 is 5.11 Å². The summed E-state index contributed by atoms with van der Waals surface area (Å²) in [5, 5.41) is 8.15. The van der Waals surface area contributed by atoms with E-state index in [1.807, 2.05) is 0 Å². The lowest BCUT2D eigenvalue weighted by Gasteiger charge is -1.88. The summed E-state index contributed by atoms with van der Waals surface area (Å²) >= 11 is 0. The van der Waals surface area contributed by atoms with Gasteiger partial charge in [-0.2, -0.15) is 0 Å². The van der Waals surface area contributed by atoms with Crippen LogP contribution in [0.5, 0.6) is 0 Å². The molecule has 0 radical (unpaired) electrons. The first-order valence-corrected chi connectivity index (χ1v) is 2.70. The first-order valence-electron chi connectivity index (χ1n) is 2.70. The molecule has 0 aliphatic rings. The van der Waals surface area contributed by atoms with Gasteiger partial charge in [0.25, 0.3) is 0 Å². The molecule has 0 amide bonds. The number of ketones is 1. The number of carbonyl (C=O) groups excluding carboxylic acids is 1. The van der Waals surface area contributed by atoms with Crippen LogP contribution >= 0.6 is 0 Å². The van der Waals surface area contributed by atoms with Gasteiger partial charge in [-0.25, -0.2) is 0 Å². The van der Waals surface area contributed by atoms with Gasteiger partial charge in [-0.1, -0.05) is 6.08 Å². The van der Waals surface area contributed by atoms with Crippen LogP contribution in [0.3, 0.4) is 0 Å². The summed E-state index contributed by atoms with van der Waals surface area (Å²) in [6.45, 7) is 3.47. The molecule has 0 saturated carbocycles. The number of carbonyl (C=O) groups is 1. The molecule has 0 aromatic heterocycles. The largest absolute Gasteiger partial charge is 0.515 e. The van der Waals surface area contributed by atoms with Gasteiger partial charge in [-0.3, -0.25) is 4.79 Å². The van der Waals surface area contributed by atoms with Gasteiger partial charge in [0.2, 0.25) is 0 Å². The number of aliphatic hydroxyl groups excluding tert-OH is 1. The van der Waals surface area contributed by atoms with Crippen LogP contribution in [0.1, 0.15) is 13.8 Å². The minimum Gasteiger partial charge on any atom is -0.515 e. The van der Waals surface area contributed by atoms with Crippen LogP contribution < -0.4 is 0 Å². The number of hydrogen-bond acceptors (Lipinski definition) is 2. The van der Waals surface area contributed by atoms with E-state index in [-0.39, 0.29) is 5.78 Å². The Morgan fingerprint density at radius 2 is 2.11 bits per heavy atom. The van der Waals surface area contributed by atoms with Gasteiger partial charge in [-0.05, 0) is 19.4 Å².